The third-order valence-electron chi connectivity index (χ3n) is 1.47. The summed E-state index contributed by atoms with van der Waals surface area (Å²) >= 11 is 11.5. The molecule has 2 nitrogen and oxygen atoms in total. The molecule has 1 heterocycles. The summed E-state index contributed by atoms with van der Waals surface area (Å²) in [5, 5.41) is -0.431. The first kappa shape index (κ1) is 8.90. The van der Waals surface area contributed by atoms with Gasteiger partial charge in [0.1, 0.15) is 4.88 Å². The van der Waals surface area contributed by atoms with E-state index in [1.165, 1.54) is 11.3 Å². The number of carbonyl (C=O) groups excluding carboxylic acids is 1. The lowest BCUT2D eigenvalue weighted by atomic mass is 10.4. The smallest absolute Gasteiger partial charge is 0.264 e. The largest absolute Gasteiger partial charge is 0.330 e. The molecular formula is C6H6ClNOS2. The van der Waals surface area contributed by atoms with Crippen molar-refractivity contribution >= 4 is 40.4 Å². The van der Waals surface area contributed by atoms with Gasteiger partial charge in [0.2, 0.25) is 0 Å². The van der Waals surface area contributed by atoms with Crippen molar-refractivity contribution in [1.82, 2.24) is 4.57 Å². The van der Waals surface area contributed by atoms with Crippen LogP contribution in [0.25, 0.3) is 0 Å². The maximum Gasteiger partial charge on any atom is 0.264 e. The van der Waals surface area contributed by atoms with Crippen molar-refractivity contribution in [2.75, 3.05) is 0 Å². The summed E-state index contributed by atoms with van der Waals surface area (Å²) in [5.74, 6) is 0. The minimum absolute atomic E-state index is 0.431. The van der Waals surface area contributed by atoms with E-state index in [0.29, 0.717) is 8.83 Å². The second-order valence-electron chi connectivity index (χ2n) is 2.12. The Kier molecular flexibility index (Phi) is 2.47. The van der Waals surface area contributed by atoms with Crippen LogP contribution in [-0.4, -0.2) is 9.81 Å². The van der Waals surface area contributed by atoms with Crippen molar-refractivity contribution in [2.24, 2.45) is 7.05 Å². The van der Waals surface area contributed by atoms with Crippen molar-refractivity contribution in [2.45, 2.75) is 6.92 Å². The van der Waals surface area contributed by atoms with Crippen LogP contribution in [0.4, 0.5) is 0 Å². The van der Waals surface area contributed by atoms with Crippen LogP contribution in [0.1, 0.15) is 15.4 Å². The van der Waals surface area contributed by atoms with Gasteiger partial charge in [0.15, 0.2) is 3.95 Å². The topological polar surface area (TPSA) is 22.0 Å². The molecule has 0 aliphatic rings. The molecular weight excluding hydrogens is 202 g/mol. The normalized spacial score (nSPS) is 10.1. The van der Waals surface area contributed by atoms with Gasteiger partial charge in [0.05, 0.1) is 0 Å². The van der Waals surface area contributed by atoms with E-state index in [-0.39, 0.29) is 0 Å². The second-order valence-corrected chi connectivity index (χ2v) is 4.10. The van der Waals surface area contributed by atoms with E-state index in [1.807, 2.05) is 14.0 Å². The van der Waals surface area contributed by atoms with E-state index < -0.39 is 5.24 Å². The average molecular weight is 208 g/mol. The molecule has 0 saturated carbocycles. The minimum atomic E-state index is -0.431. The molecule has 0 unspecified atom stereocenters. The highest BCUT2D eigenvalue weighted by molar-refractivity contribution is 7.73. The highest BCUT2D eigenvalue weighted by Crippen LogP contribution is 2.19. The Hall–Kier alpha value is -0.190. The molecule has 0 atom stereocenters. The number of thiazole rings is 1. The predicted molar refractivity (Wildman–Crippen MR) is 49.0 cm³/mol. The van der Waals surface area contributed by atoms with Gasteiger partial charge in [0.25, 0.3) is 5.24 Å². The second kappa shape index (κ2) is 3.05. The van der Waals surface area contributed by atoms with Gasteiger partial charge in [-0.05, 0) is 30.7 Å². The maximum atomic E-state index is 10.7. The Morgan fingerprint density at radius 1 is 1.73 bits per heavy atom. The number of nitrogens with zero attached hydrogens (tertiary/aromatic N) is 1. The van der Waals surface area contributed by atoms with Crippen LogP contribution in [0, 0.1) is 10.9 Å². The third kappa shape index (κ3) is 1.52. The van der Waals surface area contributed by atoms with Gasteiger partial charge in [-0.3, -0.25) is 4.79 Å². The Bertz CT molecular complexity index is 352. The zero-order valence-corrected chi connectivity index (χ0v) is 8.44. The monoisotopic (exact) mass is 207 g/mol. The van der Waals surface area contributed by atoms with Gasteiger partial charge in [-0.2, -0.15) is 0 Å². The third-order valence-corrected chi connectivity index (χ3v) is 3.43. The number of hydrogen-bond acceptors (Lipinski definition) is 3. The fourth-order valence-corrected chi connectivity index (χ4v) is 2.15. The molecule has 0 aromatic carbocycles. The molecule has 0 amide bonds. The molecule has 0 N–H and O–H groups in total. The zero-order chi connectivity index (χ0) is 8.59. The van der Waals surface area contributed by atoms with Crippen LogP contribution in [0.5, 0.6) is 0 Å². The molecule has 0 fully saturated rings. The molecule has 0 bridgehead atoms. The summed E-state index contributed by atoms with van der Waals surface area (Å²) in [6, 6.07) is 0. The molecule has 11 heavy (non-hydrogen) atoms. The molecule has 1 rings (SSSR count). The van der Waals surface area contributed by atoms with Gasteiger partial charge in [-0.1, -0.05) is 0 Å². The van der Waals surface area contributed by atoms with Gasteiger partial charge in [-0.15, -0.1) is 11.3 Å². The molecule has 1 aromatic heterocycles. The summed E-state index contributed by atoms with van der Waals surface area (Å²) in [4.78, 5) is 11.3. The van der Waals surface area contributed by atoms with Crippen LogP contribution in [-0.2, 0) is 7.05 Å². The summed E-state index contributed by atoms with van der Waals surface area (Å²) in [5.41, 5.74) is 0.833. The van der Waals surface area contributed by atoms with Crippen LogP contribution >= 0.6 is 35.2 Å². The van der Waals surface area contributed by atoms with Gasteiger partial charge < -0.3 is 4.57 Å². The predicted octanol–water partition coefficient (Wildman–Crippen LogP) is 2.50. The molecule has 1 aromatic rings. The van der Waals surface area contributed by atoms with E-state index in [4.69, 9.17) is 23.8 Å². The first-order valence-corrected chi connectivity index (χ1v) is 4.50. The summed E-state index contributed by atoms with van der Waals surface area (Å²) in [6.07, 6.45) is 0. The Labute approximate surface area is 78.4 Å². The summed E-state index contributed by atoms with van der Waals surface area (Å²) in [6.45, 7) is 1.82. The SMILES string of the molecule is Cc1c(C(=O)Cl)sc(=S)n1C. The van der Waals surface area contributed by atoms with Gasteiger partial charge in [0, 0.05) is 12.7 Å². The standard InChI is InChI=1S/C6H6ClNOS2/c1-3-4(5(7)9)11-6(10)8(3)2/h1-2H3. The summed E-state index contributed by atoms with van der Waals surface area (Å²) < 4.78 is 2.45. The molecule has 0 radical (unpaired) electrons. The zero-order valence-electron chi connectivity index (χ0n) is 6.05. The highest BCUT2D eigenvalue weighted by Gasteiger charge is 2.10. The van der Waals surface area contributed by atoms with Crippen LogP contribution in [0.2, 0.25) is 0 Å². The average Bonchev–Trinajstić information content (AvgIpc) is 2.17. The number of hydrogen-bond donors (Lipinski definition) is 0. The first-order chi connectivity index (χ1) is 5.04. The number of carbonyl (C=O) groups is 1. The fraction of sp³-hybridized carbons (Fsp3) is 0.333. The Morgan fingerprint density at radius 2 is 2.27 bits per heavy atom. The number of rotatable bonds is 1. The van der Waals surface area contributed by atoms with Crippen molar-refractivity contribution in [1.29, 1.82) is 0 Å². The molecule has 0 spiro atoms. The van der Waals surface area contributed by atoms with Crippen molar-refractivity contribution in [3.05, 3.63) is 14.5 Å². The molecule has 60 valence electrons. The lowest BCUT2D eigenvalue weighted by Crippen LogP contribution is -1.94. The Morgan fingerprint density at radius 3 is 2.45 bits per heavy atom. The van der Waals surface area contributed by atoms with E-state index in [0.717, 1.165) is 5.69 Å². The maximum absolute atomic E-state index is 10.7. The van der Waals surface area contributed by atoms with E-state index >= 15 is 0 Å². The highest BCUT2D eigenvalue weighted by atomic mass is 35.5. The van der Waals surface area contributed by atoms with Crippen LogP contribution < -0.4 is 0 Å². The van der Waals surface area contributed by atoms with Crippen molar-refractivity contribution in [3.8, 4) is 0 Å². The fourth-order valence-electron chi connectivity index (χ4n) is 0.701. The molecule has 0 saturated heterocycles. The molecule has 0 aliphatic heterocycles. The number of aromatic nitrogens is 1. The van der Waals surface area contributed by atoms with Crippen molar-refractivity contribution in [3.63, 3.8) is 0 Å². The van der Waals surface area contributed by atoms with Gasteiger partial charge >= 0.3 is 0 Å². The van der Waals surface area contributed by atoms with Crippen LogP contribution in [0.15, 0.2) is 0 Å². The minimum Gasteiger partial charge on any atom is -0.330 e. The number of halogens is 1. The first-order valence-electron chi connectivity index (χ1n) is 2.90. The summed E-state index contributed by atoms with van der Waals surface area (Å²) in [7, 11) is 1.82. The van der Waals surface area contributed by atoms with Gasteiger partial charge in [-0.25, -0.2) is 0 Å². The molecule has 0 aliphatic carbocycles. The molecule has 5 heteroatoms. The lowest BCUT2D eigenvalue weighted by molar-refractivity contribution is 0.108. The van der Waals surface area contributed by atoms with E-state index in [1.54, 1.807) is 4.57 Å². The quantitative estimate of drug-likeness (QED) is 0.522. The van der Waals surface area contributed by atoms with E-state index in [9.17, 15) is 4.79 Å². The van der Waals surface area contributed by atoms with Crippen LogP contribution in [0.3, 0.4) is 0 Å². The van der Waals surface area contributed by atoms with E-state index in [2.05, 4.69) is 0 Å². The lowest BCUT2D eigenvalue weighted by Gasteiger charge is -1.93. The van der Waals surface area contributed by atoms with Crippen molar-refractivity contribution < 1.29 is 4.79 Å². The Balaban J connectivity index is 3.42.